The van der Waals surface area contributed by atoms with E-state index >= 15 is 0 Å². The molecule has 26 heavy (non-hydrogen) atoms. The molecule has 0 aliphatic heterocycles. The van der Waals surface area contributed by atoms with E-state index in [4.69, 9.17) is 0 Å². The number of imidazole rings is 1. The molecule has 2 heterocycles. The van der Waals surface area contributed by atoms with Crippen LogP contribution in [0.4, 0.5) is 16.2 Å². The van der Waals surface area contributed by atoms with Crippen LogP contribution < -0.4 is 10.6 Å². The van der Waals surface area contributed by atoms with Crippen LogP contribution in [-0.2, 0) is 0 Å². The number of hydrogen-bond acceptors (Lipinski definition) is 3. The molecule has 2 amide bonds. The van der Waals surface area contributed by atoms with Crippen molar-refractivity contribution in [1.82, 2.24) is 14.4 Å². The van der Waals surface area contributed by atoms with Gasteiger partial charge in [-0.05, 0) is 36.8 Å². The van der Waals surface area contributed by atoms with Gasteiger partial charge in [-0.1, -0.05) is 30.3 Å². The first-order valence-corrected chi connectivity index (χ1v) is 8.23. The van der Waals surface area contributed by atoms with Gasteiger partial charge in [-0.3, -0.25) is 4.40 Å². The molecule has 6 heteroatoms. The minimum Gasteiger partial charge on any atom is -0.308 e. The van der Waals surface area contributed by atoms with Crippen molar-refractivity contribution in [1.29, 1.82) is 0 Å². The molecule has 0 saturated carbocycles. The summed E-state index contributed by atoms with van der Waals surface area (Å²) in [5, 5.41) is 5.68. The molecule has 128 valence electrons. The number of benzene rings is 2. The second-order valence-corrected chi connectivity index (χ2v) is 5.92. The Bertz CT molecular complexity index is 1040. The molecule has 0 aliphatic rings. The number of urea groups is 1. The number of carbonyl (C=O) groups excluding carboxylic acids is 1. The van der Waals surface area contributed by atoms with Crippen LogP contribution in [0.25, 0.3) is 17.0 Å². The van der Waals surface area contributed by atoms with E-state index < -0.39 is 0 Å². The molecule has 0 bridgehead atoms. The first kappa shape index (κ1) is 15.8. The van der Waals surface area contributed by atoms with Crippen molar-refractivity contribution in [2.75, 3.05) is 10.6 Å². The third-order valence-corrected chi connectivity index (χ3v) is 4.07. The fraction of sp³-hybridized carbons (Fsp3) is 0.0500. The average molecular weight is 343 g/mol. The molecule has 0 unspecified atom stereocenters. The van der Waals surface area contributed by atoms with Crippen LogP contribution in [0.15, 0.2) is 73.2 Å². The Morgan fingerprint density at radius 3 is 2.58 bits per heavy atom. The first-order valence-electron chi connectivity index (χ1n) is 8.23. The summed E-state index contributed by atoms with van der Waals surface area (Å²) in [6.45, 7) is 1.95. The van der Waals surface area contributed by atoms with E-state index in [-0.39, 0.29) is 6.03 Å². The van der Waals surface area contributed by atoms with E-state index in [0.717, 1.165) is 22.5 Å². The average Bonchev–Trinajstić information content (AvgIpc) is 3.08. The molecule has 0 fully saturated rings. The molecule has 2 aromatic carbocycles. The summed E-state index contributed by atoms with van der Waals surface area (Å²) in [6, 6.07) is 16.8. The zero-order chi connectivity index (χ0) is 17.9. The van der Waals surface area contributed by atoms with Crippen LogP contribution in [0, 0.1) is 6.92 Å². The Morgan fingerprint density at radius 1 is 1.00 bits per heavy atom. The van der Waals surface area contributed by atoms with E-state index in [1.54, 1.807) is 6.20 Å². The Hall–Kier alpha value is -3.67. The maximum absolute atomic E-state index is 12.2. The summed E-state index contributed by atoms with van der Waals surface area (Å²) in [6.07, 6.45) is 5.55. The van der Waals surface area contributed by atoms with Crippen LogP contribution in [0.2, 0.25) is 0 Å². The van der Waals surface area contributed by atoms with Gasteiger partial charge in [0, 0.05) is 35.5 Å². The lowest BCUT2D eigenvalue weighted by Gasteiger charge is -2.10. The lowest BCUT2D eigenvalue weighted by molar-refractivity contribution is 0.262. The number of aryl methyl sites for hydroxylation is 1. The van der Waals surface area contributed by atoms with Gasteiger partial charge < -0.3 is 10.6 Å². The van der Waals surface area contributed by atoms with E-state index in [9.17, 15) is 4.79 Å². The number of carbonyl (C=O) groups is 1. The topological polar surface area (TPSA) is 71.3 Å². The normalized spacial score (nSPS) is 10.7. The highest BCUT2D eigenvalue weighted by Crippen LogP contribution is 2.21. The van der Waals surface area contributed by atoms with Crippen molar-refractivity contribution in [3.8, 4) is 11.3 Å². The molecule has 4 rings (SSSR count). The number of nitrogens with zero attached hydrogens (tertiary/aromatic N) is 3. The zero-order valence-corrected chi connectivity index (χ0v) is 14.2. The summed E-state index contributed by atoms with van der Waals surface area (Å²) in [7, 11) is 0. The molecule has 6 nitrogen and oxygen atoms in total. The monoisotopic (exact) mass is 343 g/mol. The molecule has 0 radical (unpaired) electrons. The third-order valence-electron chi connectivity index (χ3n) is 4.07. The Balaban J connectivity index is 1.47. The predicted molar refractivity (Wildman–Crippen MR) is 102 cm³/mol. The molecule has 2 N–H and O–H groups in total. The van der Waals surface area contributed by atoms with Gasteiger partial charge in [0.1, 0.15) is 0 Å². The Labute approximate surface area is 150 Å². The summed E-state index contributed by atoms with van der Waals surface area (Å²) >= 11 is 0. The highest BCUT2D eigenvalue weighted by atomic mass is 16.2. The van der Waals surface area contributed by atoms with Crippen LogP contribution in [-0.4, -0.2) is 20.4 Å². The lowest BCUT2D eigenvalue weighted by atomic mass is 10.1. The second kappa shape index (κ2) is 6.68. The highest BCUT2D eigenvalue weighted by Gasteiger charge is 2.07. The van der Waals surface area contributed by atoms with Gasteiger partial charge in [0.2, 0.25) is 5.78 Å². The Kier molecular flexibility index (Phi) is 4.07. The minimum atomic E-state index is -0.274. The van der Waals surface area contributed by atoms with Crippen LogP contribution in [0.3, 0.4) is 0 Å². The minimum absolute atomic E-state index is 0.274. The summed E-state index contributed by atoms with van der Waals surface area (Å²) in [5.41, 5.74) is 4.30. The quantitative estimate of drug-likeness (QED) is 0.581. The SMILES string of the molecule is Cc1ccccc1NC(=O)Nc1ccc(-c2cn3cccnc3n2)cc1. The maximum Gasteiger partial charge on any atom is 0.323 e. The standard InChI is InChI=1S/C20H17N5O/c1-14-5-2-3-6-17(14)24-20(26)22-16-9-7-15(8-10-16)18-13-25-12-4-11-21-19(25)23-18/h2-13H,1H3,(H2,22,24,26). The maximum atomic E-state index is 12.2. The van der Waals surface area contributed by atoms with Gasteiger partial charge in [-0.15, -0.1) is 0 Å². The van der Waals surface area contributed by atoms with Crippen LogP contribution >= 0.6 is 0 Å². The number of para-hydroxylation sites is 1. The van der Waals surface area contributed by atoms with E-state index in [1.807, 2.05) is 78.3 Å². The van der Waals surface area contributed by atoms with Crippen LogP contribution in [0.5, 0.6) is 0 Å². The van der Waals surface area contributed by atoms with Gasteiger partial charge in [0.15, 0.2) is 0 Å². The lowest BCUT2D eigenvalue weighted by Crippen LogP contribution is -2.19. The zero-order valence-electron chi connectivity index (χ0n) is 14.2. The predicted octanol–water partition coefficient (Wildman–Crippen LogP) is 4.35. The molecule has 0 aliphatic carbocycles. The largest absolute Gasteiger partial charge is 0.323 e. The molecular weight excluding hydrogens is 326 g/mol. The number of aromatic nitrogens is 3. The van der Waals surface area contributed by atoms with Crippen molar-refractivity contribution in [3.05, 3.63) is 78.8 Å². The van der Waals surface area contributed by atoms with Gasteiger partial charge in [-0.2, -0.15) is 0 Å². The number of anilines is 2. The molecular formula is C20H17N5O. The second-order valence-electron chi connectivity index (χ2n) is 5.92. The molecule has 0 saturated heterocycles. The number of hydrogen-bond donors (Lipinski definition) is 2. The molecule has 0 atom stereocenters. The fourth-order valence-corrected chi connectivity index (χ4v) is 2.69. The number of rotatable bonds is 3. The Morgan fingerprint density at radius 2 is 1.81 bits per heavy atom. The van der Waals surface area contributed by atoms with Gasteiger partial charge in [0.25, 0.3) is 0 Å². The number of nitrogens with one attached hydrogen (secondary N) is 2. The summed E-state index contributed by atoms with van der Waals surface area (Å²) in [4.78, 5) is 20.9. The molecule has 2 aromatic heterocycles. The van der Waals surface area contributed by atoms with E-state index in [1.165, 1.54) is 0 Å². The van der Waals surface area contributed by atoms with Crippen molar-refractivity contribution >= 4 is 23.2 Å². The molecule has 4 aromatic rings. The van der Waals surface area contributed by atoms with Gasteiger partial charge >= 0.3 is 6.03 Å². The van der Waals surface area contributed by atoms with Crippen molar-refractivity contribution in [2.45, 2.75) is 6.92 Å². The summed E-state index contributed by atoms with van der Waals surface area (Å²) in [5.74, 6) is 0.655. The summed E-state index contributed by atoms with van der Waals surface area (Å²) < 4.78 is 1.87. The van der Waals surface area contributed by atoms with E-state index in [2.05, 4.69) is 20.6 Å². The van der Waals surface area contributed by atoms with Crippen LogP contribution in [0.1, 0.15) is 5.56 Å². The highest BCUT2D eigenvalue weighted by molar-refractivity contribution is 6.00. The van der Waals surface area contributed by atoms with Gasteiger partial charge in [-0.25, -0.2) is 14.8 Å². The number of amides is 2. The third kappa shape index (κ3) is 3.25. The smallest absolute Gasteiger partial charge is 0.308 e. The fourth-order valence-electron chi connectivity index (χ4n) is 2.69. The van der Waals surface area contributed by atoms with E-state index in [0.29, 0.717) is 11.5 Å². The van der Waals surface area contributed by atoms with Crippen molar-refractivity contribution < 1.29 is 4.79 Å². The van der Waals surface area contributed by atoms with Crippen molar-refractivity contribution in [3.63, 3.8) is 0 Å². The van der Waals surface area contributed by atoms with Gasteiger partial charge in [0.05, 0.1) is 5.69 Å². The first-order chi connectivity index (χ1) is 12.7. The number of fused-ring (bicyclic) bond motifs is 1. The molecule has 0 spiro atoms. The van der Waals surface area contributed by atoms with Crippen molar-refractivity contribution in [2.24, 2.45) is 0 Å².